The predicted octanol–water partition coefficient (Wildman–Crippen LogP) is 3.22. The van der Waals surface area contributed by atoms with E-state index in [2.05, 4.69) is 5.32 Å². The molecule has 1 aromatic rings. The minimum Gasteiger partial charge on any atom is -0.478 e. The molecular formula is C12H15F2NO2S. The molecule has 0 radical (unpaired) electrons. The Morgan fingerprint density at radius 3 is 2.39 bits per heavy atom. The van der Waals surface area contributed by atoms with Crippen molar-refractivity contribution in [2.75, 3.05) is 17.3 Å². The van der Waals surface area contributed by atoms with Crippen LogP contribution in [0.2, 0.25) is 0 Å². The van der Waals surface area contributed by atoms with E-state index in [4.69, 9.17) is 5.11 Å². The van der Waals surface area contributed by atoms with Gasteiger partial charge in [-0.3, -0.25) is 0 Å². The quantitative estimate of drug-likeness (QED) is 0.837. The van der Waals surface area contributed by atoms with Gasteiger partial charge in [0, 0.05) is 11.8 Å². The Morgan fingerprint density at radius 1 is 1.44 bits per heavy atom. The third kappa shape index (κ3) is 3.60. The van der Waals surface area contributed by atoms with Crippen LogP contribution in [0.3, 0.4) is 0 Å². The lowest BCUT2D eigenvalue weighted by Gasteiger charge is -2.18. The van der Waals surface area contributed by atoms with Crippen molar-refractivity contribution in [2.45, 2.75) is 19.4 Å². The average molecular weight is 275 g/mol. The molecule has 0 heterocycles. The van der Waals surface area contributed by atoms with Crippen molar-refractivity contribution in [3.8, 4) is 0 Å². The number of aromatic carboxylic acids is 1. The van der Waals surface area contributed by atoms with Gasteiger partial charge in [0.15, 0.2) is 0 Å². The first-order valence-corrected chi connectivity index (χ1v) is 6.86. The summed E-state index contributed by atoms with van der Waals surface area (Å²) in [6.07, 6.45) is 2.63. The molecule has 18 heavy (non-hydrogen) atoms. The summed E-state index contributed by atoms with van der Waals surface area (Å²) in [4.78, 5) is 10.6. The monoisotopic (exact) mass is 275 g/mol. The Bertz CT molecular complexity index is 417. The molecule has 0 fully saturated rings. The Balaban J connectivity index is 2.99. The van der Waals surface area contributed by atoms with E-state index in [0.29, 0.717) is 0 Å². The molecule has 0 aliphatic carbocycles. The molecule has 0 aliphatic rings. The van der Waals surface area contributed by atoms with Gasteiger partial charge in [-0.1, -0.05) is 6.92 Å². The highest BCUT2D eigenvalue weighted by molar-refractivity contribution is 7.98. The lowest BCUT2D eigenvalue weighted by Crippen LogP contribution is -2.22. The van der Waals surface area contributed by atoms with Gasteiger partial charge in [0.25, 0.3) is 0 Å². The van der Waals surface area contributed by atoms with Crippen molar-refractivity contribution >= 4 is 23.4 Å². The van der Waals surface area contributed by atoms with E-state index in [1.165, 1.54) is 0 Å². The highest BCUT2D eigenvalue weighted by Crippen LogP contribution is 2.22. The van der Waals surface area contributed by atoms with Crippen LogP contribution >= 0.6 is 11.8 Å². The van der Waals surface area contributed by atoms with Crippen molar-refractivity contribution in [2.24, 2.45) is 0 Å². The number of thioether (sulfide) groups is 1. The molecule has 0 spiro atoms. The number of benzene rings is 1. The van der Waals surface area contributed by atoms with Crippen molar-refractivity contribution in [1.29, 1.82) is 0 Å². The van der Waals surface area contributed by atoms with E-state index in [1.807, 2.05) is 13.2 Å². The maximum Gasteiger partial charge on any atom is 0.335 e. The first-order chi connectivity index (χ1) is 8.49. The van der Waals surface area contributed by atoms with E-state index in [0.717, 1.165) is 24.3 Å². The predicted molar refractivity (Wildman–Crippen MR) is 69.4 cm³/mol. The Kier molecular flexibility index (Phi) is 5.40. The molecule has 1 rings (SSSR count). The van der Waals surface area contributed by atoms with Crippen LogP contribution in [0.25, 0.3) is 0 Å². The van der Waals surface area contributed by atoms with Crippen LogP contribution in [-0.2, 0) is 0 Å². The minimum atomic E-state index is -1.35. The van der Waals surface area contributed by atoms with Gasteiger partial charge in [-0.15, -0.1) is 0 Å². The van der Waals surface area contributed by atoms with E-state index < -0.39 is 23.2 Å². The van der Waals surface area contributed by atoms with Gasteiger partial charge in [0.1, 0.15) is 17.3 Å². The number of carboxylic acids is 1. The van der Waals surface area contributed by atoms with E-state index in [9.17, 15) is 13.6 Å². The van der Waals surface area contributed by atoms with Crippen molar-refractivity contribution in [3.05, 3.63) is 29.3 Å². The fraction of sp³-hybridized carbons (Fsp3) is 0.417. The number of anilines is 1. The molecule has 0 amide bonds. The summed E-state index contributed by atoms with van der Waals surface area (Å²) in [7, 11) is 0. The van der Waals surface area contributed by atoms with Gasteiger partial charge in [-0.25, -0.2) is 13.6 Å². The van der Waals surface area contributed by atoms with E-state index >= 15 is 0 Å². The molecule has 2 N–H and O–H groups in total. The normalized spacial score (nSPS) is 12.2. The summed E-state index contributed by atoms with van der Waals surface area (Å²) in [5.41, 5.74) is -0.658. The maximum absolute atomic E-state index is 13.6. The Labute approximate surface area is 109 Å². The highest BCUT2D eigenvalue weighted by atomic mass is 32.2. The maximum atomic E-state index is 13.6. The summed E-state index contributed by atoms with van der Waals surface area (Å²) in [5.74, 6) is -2.40. The van der Waals surface area contributed by atoms with Crippen molar-refractivity contribution in [3.63, 3.8) is 0 Å². The molecule has 0 saturated carbocycles. The second-order valence-corrected chi connectivity index (χ2v) is 4.74. The van der Waals surface area contributed by atoms with Gasteiger partial charge in [0.05, 0.1) is 5.56 Å². The molecule has 0 bridgehead atoms. The number of rotatable bonds is 6. The number of hydrogen-bond donors (Lipinski definition) is 2. The number of nitrogens with one attached hydrogen (secondary N) is 1. The Hall–Kier alpha value is -1.30. The van der Waals surface area contributed by atoms with Crippen molar-refractivity contribution in [1.82, 2.24) is 0 Å². The average Bonchev–Trinajstić information content (AvgIpc) is 2.31. The van der Waals surface area contributed by atoms with Crippen LogP contribution in [0.4, 0.5) is 14.5 Å². The molecule has 1 unspecified atom stereocenters. The van der Waals surface area contributed by atoms with Gasteiger partial charge in [-0.2, -0.15) is 11.8 Å². The molecule has 1 atom stereocenters. The number of hydrogen-bond acceptors (Lipinski definition) is 3. The standard InChI is InChI=1S/C12H15F2NO2S/c1-3-8(6-18-2)15-11-9(13)4-7(12(16)17)5-10(11)14/h4-5,8,15H,3,6H2,1-2H3,(H,16,17). The molecule has 1 aromatic carbocycles. The summed E-state index contributed by atoms with van der Waals surface area (Å²) in [6, 6.07) is 1.58. The zero-order valence-electron chi connectivity index (χ0n) is 10.2. The van der Waals surface area contributed by atoms with Gasteiger partial charge < -0.3 is 10.4 Å². The molecule has 0 aromatic heterocycles. The molecule has 0 saturated heterocycles. The van der Waals surface area contributed by atoms with E-state index in [-0.39, 0.29) is 11.7 Å². The van der Waals surface area contributed by atoms with Crippen LogP contribution < -0.4 is 5.32 Å². The highest BCUT2D eigenvalue weighted by Gasteiger charge is 2.17. The van der Waals surface area contributed by atoms with Crippen LogP contribution in [0.5, 0.6) is 0 Å². The topological polar surface area (TPSA) is 49.3 Å². The first-order valence-electron chi connectivity index (χ1n) is 5.47. The third-order valence-electron chi connectivity index (χ3n) is 2.50. The van der Waals surface area contributed by atoms with Gasteiger partial charge in [0.2, 0.25) is 0 Å². The third-order valence-corrected chi connectivity index (χ3v) is 3.23. The van der Waals surface area contributed by atoms with E-state index in [1.54, 1.807) is 11.8 Å². The second-order valence-electron chi connectivity index (χ2n) is 3.82. The Morgan fingerprint density at radius 2 is 2.00 bits per heavy atom. The fourth-order valence-corrected chi connectivity index (χ4v) is 2.22. The van der Waals surface area contributed by atoms with Crippen LogP contribution in [0.15, 0.2) is 12.1 Å². The second kappa shape index (κ2) is 6.58. The molecule has 0 aliphatic heterocycles. The zero-order valence-corrected chi connectivity index (χ0v) is 11.0. The summed E-state index contributed by atoms with van der Waals surface area (Å²) in [6.45, 7) is 1.91. The minimum absolute atomic E-state index is 0.0559. The lowest BCUT2D eigenvalue weighted by molar-refractivity contribution is 0.0696. The van der Waals surface area contributed by atoms with Crippen molar-refractivity contribution < 1.29 is 18.7 Å². The largest absolute Gasteiger partial charge is 0.478 e. The number of halogens is 2. The SMILES string of the molecule is CCC(CSC)Nc1c(F)cc(C(=O)O)cc1F. The molecular weight excluding hydrogens is 260 g/mol. The molecule has 100 valence electrons. The lowest BCUT2D eigenvalue weighted by atomic mass is 10.1. The number of carbonyl (C=O) groups is 1. The smallest absolute Gasteiger partial charge is 0.335 e. The van der Waals surface area contributed by atoms with Crippen LogP contribution in [0.1, 0.15) is 23.7 Å². The van der Waals surface area contributed by atoms with Crippen LogP contribution in [0, 0.1) is 11.6 Å². The summed E-state index contributed by atoms with van der Waals surface area (Å²) >= 11 is 1.57. The summed E-state index contributed by atoms with van der Waals surface area (Å²) in [5, 5.41) is 11.4. The molecule has 3 nitrogen and oxygen atoms in total. The van der Waals surface area contributed by atoms with Crippen LogP contribution in [-0.4, -0.2) is 29.1 Å². The zero-order chi connectivity index (χ0) is 13.7. The number of carboxylic acid groups (broad SMARTS) is 1. The summed E-state index contributed by atoms with van der Waals surface area (Å²) < 4.78 is 27.3. The van der Waals surface area contributed by atoms with Gasteiger partial charge >= 0.3 is 5.97 Å². The fourth-order valence-electron chi connectivity index (χ4n) is 1.50. The molecule has 6 heteroatoms. The van der Waals surface area contributed by atoms with Gasteiger partial charge in [-0.05, 0) is 24.8 Å². The first kappa shape index (κ1) is 14.8.